The fourth-order valence-corrected chi connectivity index (χ4v) is 2.80. The zero-order valence-corrected chi connectivity index (χ0v) is 14.9. The summed E-state index contributed by atoms with van der Waals surface area (Å²) < 4.78 is 28.2. The number of ether oxygens (including phenoxy) is 2. The van der Waals surface area contributed by atoms with E-state index in [1.807, 2.05) is 0 Å². The Kier molecular flexibility index (Phi) is 4.37. The quantitative estimate of drug-likeness (QED) is 0.697. The molecule has 4 atom stereocenters. The van der Waals surface area contributed by atoms with Gasteiger partial charge in [-0.25, -0.2) is 4.98 Å². The zero-order chi connectivity index (χ0) is 20.8. The summed E-state index contributed by atoms with van der Waals surface area (Å²) in [5.41, 5.74) is -0.435. The van der Waals surface area contributed by atoms with E-state index in [0.29, 0.717) is 0 Å². The largest absolute Gasteiger partial charge is 0.388 e. The van der Waals surface area contributed by atoms with E-state index in [9.17, 15) is 14.7 Å². The molecule has 0 aliphatic carbocycles. The number of nitrogens with zero attached hydrogens (tertiary/aromatic N) is 3. The summed E-state index contributed by atoms with van der Waals surface area (Å²) in [6.07, 6.45) is -4.79. The fraction of sp³-hybridized carbons (Fsp3) is 0.625. The first-order valence-corrected chi connectivity index (χ1v) is 8.18. The summed E-state index contributed by atoms with van der Waals surface area (Å²) in [6.45, 7) is 4.70. The average molecular weight is 367 g/mol. The van der Waals surface area contributed by atoms with Crippen LogP contribution in [0.25, 0.3) is 11.2 Å². The molecule has 1 fully saturated rings. The van der Waals surface area contributed by atoms with Crippen molar-refractivity contribution in [1.82, 2.24) is 19.5 Å². The minimum Gasteiger partial charge on any atom is -0.388 e. The van der Waals surface area contributed by atoms with Gasteiger partial charge < -0.3 is 14.6 Å². The maximum Gasteiger partial charge on any atom is 0.280 e. The summed E-state index contributed by atoms with van der Waals surface area (Å²) in [5.74, 6) is -0.687. The van der Waals surface area contributed by atoms with Crippen molar-refractivity contribution in [3.05, 3.63) is 16.7 Å². The third kappa shape index (κ3) is 3.11. The number of anilines is 1. The van der Waals surface area contributed by atoms with Gasteiger partial charge in [0.15, 0.2) is 17.4 Å². The van der Waals surface area contributed by atoms with E-state index < -0.39 is 36.5 Å². The van der Waals surface area contributed by atoms with Gasteiger partial charge in [-0.3, -0.25) is 24.5 Å². The van der Waals surface area contributed by atoms with Crippen LogP contribution in [0.3, 0.4) is 0 Å². The van der Waals surface area contributed by atoms with Crippen LogP contribution in [-0.4, -0.2) is 56.0 Å². The van der Waals surface area contributed by atoms with Crippen molar-refractivity contribution in [3.8, 4) is 0 Å². The first-order chi connectivity index (χ1) is 13.0. The first-order valence-electron chi connectivity index (χ1n) is 9.18. The number of carbonyl (C=O) groups excluding carboxylic acids is 1. The number of H-pyrrole nitrogens is 1. The van der Waals surface area contributed by atoms with Crippen molar-refractivity contribution in [1.29, 1.82) is 0 Å². The lowest BCUT2D eigenvalue weighted by Gasteiger charge is -2.20. The van der Waals surface area contributed by atoms with Gasteiger partial charge in [0.1, 0.15) is 12.2 Å². The zero-order valence-electron chi connectivity index (χ0n) is 16.9. The Balaban J connectivity index is 2.04. The van der Waals surface area contributed by atoms with Crippen molar-refractivity contribution in [2.24, 2.45) is 5.92 Å². The summed E-state index contributed by atoms with van der Waals surface area (Å²) in [7, 11) is 1.37. The van der Waals surface area contributed by atoms with E-state index in [-0.39, 0.29) is 28.9 Å². The van der Waals surface area contributed by atoms with Gasteiger partial charge in [-0.1, -0.05) is 20.8 Å². The standard InChI is InChI=1S/C16H23N5O5/c1-5-8-10(22)11(25-4)15(26-8)21-6-17-9-12(21)18-16(20-14(9)24)19-13(23)7(2)3/h6-8,10-11,15,22H,5H2,1-4H3,(H2,18,19,20,23,24)/t8-,10?,11+,15-/m1/s1/i5D2. The average Bonchev–Trinajstić information content (AvgIpc) is 3.15. The molecule has 0 saturated carbocycles. The van der Waals surface area contributed by atoms with Gasteiger partial charge in [0, 0.05) is 15.8 Å². The predicted molar refractivity (Wildman–Crippen MR) is 92.6 cm³/mol. The number of aliphatic hydroxyl groups is 1. The molecule has 3 N–H and O–H groups in total. The first kappa shape index (κ1) is 15.9. The topological polar surface area (TPSA) is 131 Å². The Morgan fingerprint density at radius 2 is 2.35 bits per heavy atom. The summed E-state index contributed by atoms with van der Waals surface area (Å²) >= 11 is 0. The third-order valence-corrected chi connectivity index (χ3v) is 4.24. The molecule has 10 heteroatoms. The number of aromatic amines is 1. The van der Waals surface area contributed by atoms with E-state index in [1.165, 1.54) is 24.9 Å². The smallest absolute Gasteiger partial charge is 0.280 e. The van der Waals surface area contributed by atoms with Gasteiger partial charge >= 0.3 is 0 Å². The molecule has 0 bridgehead atoms. The van der Waals surface area contributed by atoms with Gasteiger partial charge in [0.2, 0.25) is 11.9 Å². The maximum absolute atomic E-state index is 12.3. The minimum absolute atomic E-state index is 0.0125. The number of fused-ring (bicyclic) bond motifs is 1. The van der Waals surface area contributed by atoms with E-state index in [1.54, 1.807) is 13.8 Å². The molecule has 0 radical (unpaired) electrons. The normalized spacial score (nSPS) is 27.6. The molecular weight excluding hydrogens is 342 g/mol. The second-order valence-electron chi connectivity index (χ2n) is 6.31. The Morgan fingerprint density at radius 3 is 2.96 bits per heavy atom. The van der Waals surface area contributed by atoms with Gasteiger partial charge in [-0.05, 0) is 6.37 Å². The highest BCUT2D eigenvalue weighted by Gasteiger charge is 2.44. The molecule has 2 aromatic rings. The molecule has 26 heavy (non-hydrogen) atoms. The van der Waals surface area contributed by atoms with Crippen LogP contribution in [0.5, 0.6) is 0 Å². The minimum atomic E-state index is -1.83. The number of imidazole rings is 1. The highest BCUT2D eigenvalue weighted by atomic mass is 16.6. The third-order valence-electron chi connectivity index (χ3n) is 4.24. The molecule has 0 spiro atoms. The molecule has 1 amide bonds. The van der Waals surface area contributed by atoms with Crippen molar-refractivity contribution in [2.45, 2.75) is 51.7 Å². The lowest BCUT2D eigenvalue weighted by Crippen LogP contribution is -2.33. The predicted octanol–water partition coefficient (Wildman–Crippen LogP) is 0.397. The van der Waals surface area contributed by atoms with E-state index in [2.05, 4.69) is 20.3 Å². The van der Waals surface area contributed by atoms with Crippen LogP contribution in [0.15, 0.2) is 11.1 Å². The Hall–Kier alpha value is -2.30. The number of aliphatic hydroxyl groups excluding tert-OH is 1. The molecule has 3 heterocycles. The number of amides is 1. The van der Waals surface area contributed by atoms with E-state index >= 15 is 0 Å². The SMILES string of the molecule is [2H]C([2H])(C)[C@H]1O[C@@H](n2cnc3c(=O)[nH]c(NC(=O)C(C)C)nc32)[C@@H](OC)C1O. The van der Waals surface area contributed by atoms with Crippen LogP contribution in [0.1, 0.15) is 36.1 Å². The molecule has 3 rings (SSSR count). The summed E-state index contributed by atoms with van der Waals surface area (Å²) in [5, 5.41) is 13.0. The number of rotatable bonds is 5. The van der Waals surface area contributed by atoms with Crippen molar-refractivity contribution in [2.75, 3.05) is 12.4 Å². The van der Waals surface area contributed by atoms with Gasteiger partial charge in [0.25, 0.3) is 5.56 Å². The number of hydrogen-bond acceptors (Lipinski definition) is 7. The lowest BCUT2D eigenvalue weighted by atomic mass is 10.1. The monoisotopic (exact) mass is 367 g/mol. The van der Waals surface area contributed by atoms with Crippen LogP contribution in [0, 0.1) is 5.92 Å². The van der Waals surface area contributed by atoms with Crippen molar-refractivity contribution >= 4 is 23.0 Å². The number of hydrogen-bond donors (Lipinski definition) is 3. The molecule has 10 nitrogen and oxygen atoms in total. The molecule has 1 aliphatic rings. The van der Waals surface area contributed by atoms with Gasteiger partial charge in [-0.2, -0.15) is 4.98 Å². The summed E-state index contributed by atoms with van der Waals surface area (Å²) in [6, 6.07) is 0. The molecule has 1 saturated heterocycles. The van der Waals surface area contributed by atoms with Crippen LogP contribution in [-0.2, 0) is 14.3 Å². The van der Waals surface area contributed by atoms with Crippen molar-refractivity contribution < 1.29 is 22.1 Å². The van der Waals surface area contributed by atoms with Crippen LogP contribution in [0.2, 0.25) is 0 Å². The molecule has 2 aromatic heterocycles. The molecule has 1 aliphatic heterocycles. The number of nitrogens with one attached hydrogen (secondary N) is 2. The highest BCUT2D eigenvalue weighted by molar-refractivity contribution is 5.91. The number of aromatic nitrogens is 4. The van der Waals surface area contributed by atoms with Crippen LogP contribution >= 0.6 is 0 Å². The Morgan fingerprint density at radius 1 is 1.62 bits per heavy atom. The lowest BCUT2D eigenvalue weighted by molar-refractivity contribution is -0.118. The van der Waals surface area contributed by atoms with Crippen LogP contribution in [0.4, 0.5) is 5.95 Å². The molecular formula is C16H23N5O5. The fourth-order valence-electron chi connectivity index (χ4n) is 2.80. The second-order valence-corrected chi connectivity index (χ2v) is 6.31. The highest BCUT2D eigenvalue weighted by Crippen LogP contribution is 2.34. The second kappa shape index (κ2) is 7.14. The van der Waals surface area contributed by atoms with E-state index in [4.69, 9.17) is 12.2 Å². The molecule has 142 valence electrons. The van der Waals surface area contributed by atoms with E-state index in [0.717, 1.165) is 0 Å². The molecule has 1 unspecified atom stereocenters. The number of methoxy groups -OCH3 is 1. The Bertz CT molecular complexity index is 938. The van der Waals surface area contributed by atoms with Crippen molar-refractivity contribution in [3.63, 3.8) is 0 Å². The Labute approximate surface area is 152 Å². The van der Waals surface area contributed by atoms with Gasteiger partial charge in [-0.15, -0.1) is 0 Å². The maximum atomic E-state index is 12.3. The summed E-state index contributed by atoms with van der Waals surface area (Å²) in [4.78, 5) is 35.0. The van der Waals surface area contributed by atoms with Crippen LogP contribution < -0.4 is 10.9 Å². The molecule has 0 aromatic carbocycles. The van der Waals surface area contributed by atoms with Gasteiger partial charge in [0.05, 0.1) is 12.4 Å². The number of carbonyl (C=O) groups is 1.